The molecule has 2 rings (SSSR count). The summed E-state index contributed by atoms with van der Waals surface area (Å²) in [5.41, 5.74) is 2.77. The molecule has 5 nitrogen and oxygen atoms in total. The van der Waals surface area contributed by atoms with E-state index in [1.807, 2.05) is 31.3 Å². The molecule has 1 aromatic heterocycles. The minimum atomic E-state index is -0.0424. The summed E-state index contributed by atoms with van der Waals surface area (Å²) in [5.74, 6) is 0.722. The van der Waals surface area contributed by atoms with Crippen molar-refractivity contribution in [2.24, 2.45) is 0 Å². The number of benzene rings is 1. The highest BCUT2D eigenvalue weighted by atomic mass is 16.5. The number of aromatic nitrogens is 2. The first-order valence-corrected chi connectivity index (χ1v) is 6.53. The highest BCUT2D eigenvalue weighted by Gasteiger charge is 2.04. The first-order chi connectivity index (χ1) is 9.76. The van der Waals surface area contributed by atoms with E-state index in [-0.39, 0.29) is 6.61 Å². The van der Waals surface area contributed by atoms with Crippen LogP contribution < -0.4 is 10.1 Å². The summed E-state index contributed by atoms with van der Waals surface area (Å²) < 4.78 is 7.11. The first-order valence-electron chi connectivity index (χ1n) is 6.53. The molecule has 0 radical (unpaired) electrons. The molecular formula is C15H19N3O2. The zero-order chi connectivity index (χ0) is 14.4. The van der Waals surface area contributed by atoms with Crippen LogP contribution in [0.25, 0.3) is 6.20 Å². The number of nitrogens with one attached hydrogen (secondary N) is 1. The SMILES string of the molecule is C=Cn1cc(CNc2ccc(OCC)c(CO)c2)cn1. The Kier molecular flexibility index (Phi) is 4.79. The summed E-state index contributed by atoms with van der Waals surface area (Å²) in [6, 6.07) is 5.69. The maximum Gasteiger partial charge on any atom is 0.124 e. The normalized spacial score (nSPS) is 10.3. The average molecular weight is 273 g/mol. The van der Waals surface area contributed by atoms with Crippen LogP contribution in [0.2, 0.25) is 0 Å². The van der Waals surface area contributed by atoms with Gasteiger partial charge in [-0.2, -0.15) is 5.10 Å². The highest BCUT2D eigenvalue weighted by molar-refractivity contribution is 5.51. The Morgan fingerprint density at radius 3 is 3.00 bits per heavy atom. The third-order valence-corrected chi connectivity index (χ3v) is 2.87. The van der Waals surface area contributed by atoms with Gasteiger partial charge in [0, 0.05) is 35.8 Å². The molecule has 0 unspecified atom stereocenters. The second kappa shape index (κ2) is 6.77. The van der Waals surface area contributed by atoms with Gasteiger partial charge in [-0.05, 0) is 25.1 Å². The number of nitrogens with zero attached hydrogens (tertiary/aromatic N) is 2. The van der Waals surface area contributed by atoms with E-state index in [4.69, 9.17) is 4.74 Å². The van der Waals surface area contributed by atoms with E-state index in [9.17, 15) is 5.11 Å². The van der Waals surface area contributed by atoms with E-state index in [0.717, 1.165) is 22.6 Å². The van der Waals surface area contributed by atoms with Gasteiger partial charge in [0.25, 0.3) is 0 Å². The molecule has 0 saturated carbocycles. The van der Waals surface area contributed by atoms with Crippen LogP contribution in [0.4, 0.5) is 5.69 Å². The van der Waals surface area contributed by atoms with Gasteiger partial charge in [0.05, 0.1) is 19.4 Å². The van der Waals surface area contributed by atoms with Crippen LogP contribution in [0.1, 0.15) is 18.1 Å². The lowest BCUT2D eigenvalue weighted by molar-refractivity contribution is 0.267. The minimum absolute atomic E-state index is 0.0424. The molecule has 106 valence electrons. The molecule has 2 N–H and O–H groups in total. The molecule has 5 heteroatoms. The number of aliphatic hydroxyl groups excluding tert-OH is 1. The van der Waals surface area contributed by atoms with Crippen LogP contribution in [-0.4, -0.2) is 21.5 Å². The fraction of sp³-hybridized carbons (Fsp3) is 0.267. The lowest BCUT2D eigenvalue weighted by Crippen LogP contribution is -2.01. The molecule has 20 heavy (non-hydrogen) atoms. The van der Waals surface area contributed by atoms with Crippen LogP contribution in [0.3, 0.4) is 0 Å². The van der Waals surface area contributed by atoms with Crippen LogP contribution in [0, 0.1) is 0 Å². The van der Waals surface area contributed by atoms with Crippen molar-refractivity contribution in [1.29, 1.82) is 0 Å². The van der Waals surface area contributed by atoms with E-state index < -0.39 is 0 Å². The second-order valence-electron chi connectivity index (χ2n) is 4.28. The van der Waals surface area contributed by atoms with E-state index in [1.165, 1.54) is 0 Å². The number of hydrogen-bond acceptors (Lipinski definition) is 4. The largest absolute Gasteiger partial charge is 0.494 e. The maximum absolute atomic E-state index is 9.36. The van der Waals surface area contributed by atoms with E-state index in [1.54, 1.807) is 17.1 Å². The van der Waals surface area contributed by atoms with Crippen LogP contribution in [0.5, 0.6) is 5.75 Å². The molecule has 0 aliphatic rings. The molecule has 0 bridgehead atoms. The Morgan fingerprint density at radius 1 is 1.50 bits per heavy atom. The van der Waals surface area contributed by atoms with Gasteiger partial charge in [0.15, 0.2) is 0 Å². The summed E-state index contributed by atoms with van der Waals surface area (Å²) in [7, 11) is 0. The fourth-order valence-electron chi connectivity index (χ4n) is 1.88. The minimum Gasteiger partial charge on any atom is -0.494 e. The number of rotatable bonds is 7. The predicted molar refractivity (Wildman–Crippen MR) is 79.5 cm³/mol. The van der Waals surface area contributed by atoms with Crippen LogP contribution in [-0.2, 0) is 13.2 Å². The lowest BCUT2D eigenvalue weighted by atomic mass is 10.2. The standard InChI is InChI=1S/C15H19N3O2/c1-3-18-10-12(9-17-18)8-16-14-5-6-15(20-4-2)13(7-14)11-19/h3,5-7,9-10,16,19H,1,4,8,11H2,2H3. The van der Waals surface area contributed by atoms with Crippen molar-refractivity contribution < 1.29 is 9.84 Å². The van der Waals surface area contributed by atoms with E-state index >= 15 is 0 Å². The molecule has 0 aliphatic heterocycles. The summed E-state index contributed by atoms with van der Waals surface area (Å²) in [6.07, 6.45) is 5.34. The van der Waals surface area contributed by atoms with Gasteiger partial charge in [-0.15, -0.1) is 0 Å². The van der Waals surface area contributed by atoms with E-state index in [0.29, 0.717) is 13.2 Å². The molecule has 0 spiro atoms. The van der Waals surface area contributed by atoms with Crippen molar-refractivity contribution in [3.8, 4) is 5.75 Å². The second-order valence-corrected chi connectivity index (χ2v) is 4.28. The Morgan fingerprint density at radius 2 is 2.35 bits per heavy atom. The third kappa shape index (κ3) is 3.39. The topological polar surface area (TPSA) is 59.3 Å². The van der Waals surface area contributed by atoms with Gasteiger partial charge in [0.2, 0.25) is 0 Å². The van der Waals surface area contributed by atoms with Gasteiger partial charge in [-0.1, -0.05) is 6.58 Å². The molecular weight excluding hydrogens is 254 g/mol. The number of anilines is 1. The first kappa shape index (κ1) is 14.1. The van der Waals surface area contributed by atoms with Crippen molar-refractivity contribution in [1.82, 2.24) is 9.78 Å². The van der Waals surface area contributed by atoms with Gasteiger partial charge >= 0.3 is 0 Å². The lowest BCUT2D eigenvalue weighted by Gasteiger charge is -2.11. The van der Waals surface area contributed by atoms with Gasteiger partial charge in [0.1, 0.15) is 5.75 Å². The molecule has 0 amide bonds. The predicted octanol–water partition coefficient (Wildman–Crippen LogP) is 2.49. The fourth-order valence-corrected chi connectivity index (χ4v) is 1.88. The van der Waals surface area contributed by atoms with Crippen molar-refractivity contribution in [2.75, 3.05) is 11.9 Å². The highest BCUT2D eigenvalue weighted by Crippen LogP contribution is 2.23. The molecule has 0 saturated heterocycles. The monoisotopic (exact) mass is 273 g/mol. The number of hydrogen-bond donors (Lipinski definition) is 2. The quantitative estimate of drug-likeness (QED) is 0.813. The van der Waals surface area contributed by atoms with Crippen molar-refractivity contribution in [2.45, 2.75) is 20.1 Å². The van der Waals surface area contributed by atoms with Gasteiger partial charge in [-0.3, -0.25) is 0 Å². The summed E-state index contributed by atoms with van der Waals surface area (Å²) in [4.78, 5) is 0. The van der Waals surface area contributed by atoms with Crippen LogP contribution >= 0.6 is 0 Å². The molecule has 1 aromatic carbocycles. The van der Waals surface area contributed by atoms with E-state index in [2.05, 4.69) is 17.0 Å². The molecule has 0 fully saturated rings. The maximum atomic E-state index is 9.36. The van der Waals surface area contributed by atoms with Gasteiger partial charge in [-0.25, -0.2) is 4.68 Å². The van der Waals surface area contributed by atoms with Crippen molar-refractivity contribution in [3.63, 3.8) is 0 Å². The third-order valence-electron chi connectivity index (χ3n) is 2.87. The smallest absolute Gasteiger partial charge is 0.124 e. The van der Waals surface area contributed by atoms with Gasteiger partial charge < -0.3 is 15.2 Å². The summed E-state index contributed by atoms with van der Waals surface area (Å²) in [5, 5.41) is 16.8. The summed E-state index contributed by atoms with van der Waals surface area (Å²) in [6.45, 7) is 6.77. The zero-order valence-electron chi connectivity index (χ0n) is 11.5. The molecule has 2 aromatic rings. The Hall–Kier alpha value is -2.27. The molecule has 0 atom stereocenters. The Bertz CT molecular complexity index is 578. The molecule has 1 heterocycles. The Balaban J connectivity index is 2.03. The Labute approximate surface area is 118 Å². The number of ether oxygens (including phenoxy) is 1. The average Bonchev–Trinajstić information content (AvgIpc) is 2.94. The van der Waals surface area contributed by atoms with Crippen molar-refractivity contribution in [3.05, 3.63) is 48.3 Å². The summed E-state index contributed by atoms with van der Waals surface area (Å²) >= 11 is 0. The van der Waals surface area contributed by atoms with Crippen LogP contribution in [0.15, 0.2) is 37.2 Å². The molecule has 0 aliphatic carbocycles. The zero-order valence-corrected chi connectivity index (χ0v) is 11.5. The van der Waals surface area contributed by atoms with Crippen molar-refractivity contribution >= 4 is 11.9 Å². The number of aliphatic hydroxyl groups is 1.